The summed E-state index contributed by atoms with van der Waals surface area (Å²) >= 11 is 1.47. The van der Waals surface area contributed by atoms with Crippen LogP contribution >= 0.6 is 11.3 Å². The van der Waals surface area contributed by atoms with Crippen molar-refractivity contribution in [1.29, 1.82) is 0 Å². The van der Waals surface area contributed by atoms with E-state index in [2.05, 4.69) is 5.32 Å². The quantitative estimate of drug-likeness (QED) is 0.492. The van der Waals surface area contributed by atoms with Crippen molar-refractivity contribution in [1.82, 2.24) is 5.32 Å². The van der Waals surface area contributed by atoms with Crippen molar-refractivity contribution in [3.05, 3.63) is 82.3 Å². The summed E-state index contributed by atoms with van der Waals surface area (Å²) < 4.78 is 20.6. The van der Waals surface area contributed by atoms with Crippen LogP contribution in [-0.2, 0) is 16.0 Å². The molecular formula is C26H27FN2O3S. The van der Waals surface area contributed by atoms with Crippen molar-refractivity contribution in [2.24, 2.45) is 0 Å². The first-order valence-electron chi connectivity index (χ1n) is 11.1. The zero-order chi connectivity index (χ0) is 23.2. The van der Waals surface area contributed by atoms with Crippen molar-refractivity contribution in [2.45, 2.75) is 44.2 Å². The molecule has 1 aliphatic rings. The molecule has 0 aliphatic heterocycles. The fourth-order valence-corrected chi connectivity index (χ4v) is 5.03. The lowest BCUT2D eigenvalue weighted by molar-refractivity contribution is -0.127. The van der Waals surface area contributed by atoms with Gasteiger partial charge in [-0.1, -0.05) is 49.2 Å². The molecule has 7 heteroatoms. The molecule has 1 unspecified atom stereocenters. The molecule has 1 aliphatic carbocycles. The standard InChI is InChI=1S/C26H27FN2O3S/c1-32-23-15-7-6-14-22(23)29(24(30)17-19-11-8-16-33-19)25(20-12-4-5-13-21(20)27)26(31)28-18-9-2-3-10-18/h4-8,11-16,18,25H,2-3,9-10,17H2,1H3,(H,28,31). The summed E-state index contributed by atoms with van der Waals surface area (Å²) in [5.74, 6) is -0.797. The van der Waals surface area contributed by atoms with Crippen LogP contribution in [0.25, 0.3) is 0 Å². The van der Waals surface area contributed by atoms with E-state index in [4.69, 9.17) is 4.74 Å². The highest BCUT2D eigenvalue weighted by Crippen LogP contribution is 2.36. The summed E-state index contributed by atoms with van der Waals surface area (Å²) in [6.07, 6.45) is 3.95. The molecule has 2 aromatic carbocycles. The summed E-state index contributed by atoms with van der Waals surface area (Å²) in [5, 5.41) is 4.97. The number of rotatable bonds is 8. The predicted molar refractivity (Wildman–Crippen MR) is 128 cm³/mol. The fourth-order valence-electron chi connectivity index (χ4n) is 4.34. The lowest BCUT2D eigenvalue weighted by Gasteiger charge is -2.33. The van der Waals surface area contributed by atoms with Crippen LogP contribution < -0.4 is 15.0 Å². The molecule has 0 spiro atoms. The Morgan fingerprint density at radius 1 is 1.09 bits per heavy atom. The second kappa shape index (κ2) is 10.6. The number of ether oxygens (including phenoxy) is 1. The molecule has 1 atom stereocenters. The Hall–Kier alpha value is -3.19. The zero-order valence-corrected chi connectivity index (χ0v) is 19.3. The molecule has 4 rings (SSSR count). The number of anilines is 1. The number of hydrogen-bond donors (Lipinski definition) is 1. The van der Waals surface area contributed by atoms with Gasteiger partial charge >= 0.3 is 0 Å². The van der Waals surface area contributed by atoms with Gasteiger partial charge in [-0.25, -0.2) is 4.39 Å². The minimum absolute atomic E-state index is 0.0266. The van der Waals surface area contributed by atoms with E-state index in [1.165, 1.54) is 29.4 Å². The van der Waals surface area contributed by atoms with Crippen LogP contribution in [0, 0.1) is 5.82 Å². The van der Waals surface area contributed by atoms with E-state index in [0.717, 1.165) is 30.6 Å². The number of carbonyl (C=O) groups excluding carboxylic acids is 2. The Morgan fingerprint density at radius 3 is 2.52 bits per heavy atom. The van der Waals surface area contributed by atoms with Crippen molar-refractivity contribution in [2.75, 3.05) is 12.0 Å². The maximum atomic E-state index is 15.1. The molecule has 1 fully saturated rings. The number of methoxy groups -OCH3 is 1. The van der Waals surface area contributed by atoms with Gasteiger partial charge in [-0.15, -0.1) is 11.3 Å². The lowest BCUT2D eigenvalue weighted by atomic mass is 10.0. The number of amides is 2. The van der Waals surface area contributed by atoms with Gasteiger partial charge in [0.25, 0.3) is 0 Å². The van der Waals surface area contributed by atoms with Gasteiger partial charge in [-0.3, -0.25) is 14.5 Å². The highest BCUT2D eigenvalue weighted by atomic mass is 32.1. The maximum Gasteiger partial charge on any atom is 0.248 e. The van der Waals surface area contributed by atoms with Crippen molar-refractivity contribution in [3.8, 4) is 5.75 Å². The average Bonchev–Trinajstić information content (AvgIpc) is 3.52. The zero-order valence-electron chi connectivity index (χ0n) is 18.5. The second-order valence-corrected chi connectivity index (χ2v) is 9.14. The van der Waals surface area contributed by atoms with Gasteiger partial charge in [0.15, 0.2) is 0 Å². The van der Waals surface area contributed by atoms with Crippen LogP contribution in [0.4, 0.5) is 10.1 Å². The predicted octanol–water partition coefficient (Wildman–Crippen LogP) is 5.27. The van der Waals surface area contributed by atoms with Gasteiger partial charge < -0.3 is 10.1 Å². The third-order valence-electron chi connectivity index (χ3n) is 5.93. The molecule has 0 radical (unpaired) electrons. The highest BCUT2D eigenvalue weighted by molar-refractivity contribution is 7.10. The maximum absolute atomic E-state index is 15.1. The molecule has 172 valence electrons. The minimum Gasteiger partial charge on any atom is -0.495 e. The minimum atomic E-state index is -1.17. The summed E-state index contributed by atoms with van der Waals surface area (Å²) in [4.78, 5) is 29.6. The SMILES string of the molecule is COc1ccccc1N(C(=O)Cc1cccs1)C(C(=O)NC1CCCC1)c1ccccc1F. The van der Waals surface area contributed by atoms with E-state index >= 15 is 4.39 Å². The molecule has 2 amide bonds. The monoisotopic (exact) mass is 466 g/mol. The summed E-state index contributed by atoms with van der Waals surface area (Å²) in [6.45, 7) is 0. The largest absolute Gasteiger partial charge is 0.495 e. The topological polar surface area (TPSA) is 58.6 Å². The molecule has 0 bridgehead atoms. The molecular weight excluding hydrogens is 439 g/mol. The van der Waals surface area contributed by atoms with Gasteiger partial charge in [0.05, 0.1) is 19.2 Å². The summed E-state index contributed by atoms with van der Waals surface area (Å²) in [7, 11) is 1.51. The third kappa shape index (κ3) is 5.25. The number of halogens is 1. The van der Waals surface area contributed by atoms with Gasteiger partial charge in [-0.05, 0) is 42.5 Å². The average molecular weight is 467 g/mol. The Morgan fingerprint density at radius 2 is 1.82 bits per heavy atom. The number of para-hydroxylation sites is 2. The molecule has 5 nitrogen and oxygen atoms in total. The van der Waals surface area contributed by atoms with Crippen molar-refractivity contribution in [3.63, 3.8) is 0 Å². The van der Waals surface area contributed by atoms with E-state index in [9.17, 15) is 9.59 Å². The molecule has 33 heavy (non-hydrogen) atoms. The van der Waals surface area contributed by atoms with Gasteiger partial charge in [0.2, 0.25) is 11.8 Å². The fraction of sp³-hybridized carbons (Fsp3) is 0.308. The number of nitrogens with one attached hydrogen (secondary N) is 1. The molecule has 1 aromatic heterocycles. The lowest BCUT2D eigenvalue weighted by Crippen LogP contribution is -2.47. The van der Waals surface area contributed by atoms with E-state index in [1.807, 2.05) is 17.5 Å². The molecule has 1 saturated carbocycles. The van der Waals surface area contributed by atoms with Crippen LogP contribution in [0.1, 0.15) is 42.2 Å². The smallest absolute Gasteiger partial charge is 0.248 e. The molecule has 1 N–H and O–H groups in total. The highest BCUT2D eigenvalue weighted by Gasteiger charge is 2.37. The Kier molecular flexibility index (Phi) is 7.40. The Labute approximate surface area is 197 Å². The first-order valence-corrected chi connectivity index (χ1v) is 12.0. The van der Waals surface area contributed by atoms with Crippen LogP contribution in [0.5, 0.6) is 5.75 Å². The Bertz CT molecular complexity index is 1100. The first kappa shape index (κ1) is 23.0. The van der Waals surface area contributed by atoms with E-state index in [-0.39, 0.29) is 23.9 Å². The number of nitrogens with zero attached hydrogens (tertiary/aromatic N) is 1. The van der Waals surface area contributed by atoms with Gasteiger partial charge in [0, 0.05) is 16.5 Å². The van der Waals surface area contributed by atoms with Crippen molar-refractivity contribution < 1.29 is 18.7 Å². The molecule has 1 heterocycles. The van der Waals surface area contributed by atoms with Crippen LogP contribution in [0.15, 0.2) is 66.0 Å². The summed E-state index contributed by atoms with van der Waals surface area (Å²) in [6, 6.07) is 15.8. The van der Waals surface area contributed by atoms with E-state index in [1.54, 1.807) is 42.5 Å². The summed E-state index contributed by atoms with van der Waals surface area (Å²) in [5.41, 5.74) is 0.579. The number of carbonyl (C=O) groups is 2. The molecule has 3 aromatic rings. The van der Waals surface area contributed by atoms with Gasteiger partial charge in [0.1, 0.15) is 17.6 Å². The second-order valence-electron chi connectivity index (χ2n) is 8.11. The number of hydrogen-bond acceptors (Lipinski definition) is 4. The van der Waals surface area contributed by atoms with Crippen molar-refractivity contribution >= 4 is 28.8 Å². The third-order valence-corrected chi connectivity index (χ3v) is 6.80. The number of thiophene rings is 1. The van der Waals surface area contributed by atoms with Gasteiger partial charge in [-0.2, -0.15) is 0 Å². The van der Waals surface area contributed by atoms with E-state index in [0.29, 0.717) is 11.4 Å². The normalized spacial score (nSPS) is 14.6. The van der Waals surface area contributed by atoms with E-state index < -0.39 is 17.8 Å². The Balaban J connectivity index is 1.81. The van der Waals surface area contributed by atoms with Crippen LogP contribution in [-0.4, -0.2) is 25.0 Å². The van der Waals surface area contributed by atoms with Crippen LogP contribution in [0.3, 0.4) is 0 Å². The molecule has 0 saturated heterocycles. The number of benzene rings is 2. The first-order chi connectivity index (χ1) is 16.1. The van der Waals surface area contributed by atoms with Crippen LogP contribution in [0.2, 0.25) is 0 Å².